The summed E-state index contributed by atoms with van der Waals surface area (Å²) in [6, 6.07) is 12.4. The van der Waals surface area contributed by atoms with E-state index in [0.717, 1.165) is 24.3 Å². The Morgan fingerprint density at radius 1 is 1.00 bits per heavy atom. The predicted octanol–water partition coefficient (Wildman–Crippen LogP) is 3.74. The van der Waals surface area contributed by atoms with Gasteiger partial charge in [0.05, 0.1) is 0 Å². The smallest absolute Gasteiger partial charge is 0.241 e. The van der Waals surface area contributed by atoms with Crippen molar-refractivity contribution in [3.8, 4) is 11.5 Å². The number of benzene rings is 2. The zero-order valence-corrected chi connectivity index (χ0v) is 9.27. The second-order valence-corrected chi connectivity index (χ2v) is 4.10. The van der Waals surface area contributed by atoms with Crippen LogP contribution < -0.4 is 9.47 Å². The van der Waals surface area contributed by atoms with Gasteiger partial charge in [0.2, 0.25) is 6.29 Å². The zero-order chi connectivity index (χ0) is 11.0. The summed E-state index contributed by atoms with van der Waals surface area (Å²) in [5, 5.41) is 2.39. The maximum absolute atomic E-state index is 5.73. The number of hydrogen-bond acceptors (Lipinski definition) is 2. The molecule has 1 aliphatic heterocycles. The van der Waals surface area contributed by atoms with E-state index in [-0.39, 0.29) is 6.29 Å². The third kappa shape index (κ3) is 1.51. The molecule has 82 valence electrons. The first-order valence-electron chi connectivity index (χ1n) is 5.73. The fourth-order valence-electron chi connectivity index (χ4n) is 2.04. The molecule has 0 fully saturated rings. The highest BCUT2D eigenvalue weighted by molar-refractivity contribution is 5.86. The van der Waals surface area contributed by atoms with E-state index >= 15 is 0 Å². The fourth-order valence-corrected chi connectivity index (χ4v) is 2.04. The maximum atomic E-state index is 5.73. The van der Waals surface area contributed by atoms with Crippen molar-refractivity contribution in [2.45, 2.75) is 26.1 Å². The van der Waals surface area contributed by atoms with Gasteiger partial charge >= 0.3 is 0 Å². The fraction of sp³-hybridized carbons (Fsp3) is 0.286. The Bertz CT molecular complexity index is 475. The molecule has 2 aromatic rings. The molecule has 1 aliphatic rings. The quantitative estimate of drug-likeness (QED) is 0.758. The largest absolute Gasteiger partial charge is 0.451 e. The van der Waals surface area contributed by atoms with Gasteiger partial charge in [0.1, 0.15) is 0 Å². The first-order chi connectivity index (χ1) is 7.86. The van der Waals surface area contributed by atoms with Crippen LogP contribution in [0.4, 0.5) is 0 Å². The van der Waals surface area contributed by atoms with E-state index in [2.05, 4.69) is 31.2 Å². The second kappa shape index (κ2) is 3.71. The number of fused-ring (bicyclic) bond motifs is 2. The Morgan fingerprint density at radius 3 is 2.06 bits per heavy atom. The minimum absolute atomic E-state index is 0.100. The van der Waals surface area contributed by atoms with Crippen molar-refractivity contribution < 1.29 is 9.47 Å². The molecule has 0 aromatic heterocycles. The van der Waals surface area contributed by atoms with Gasteiger partial charge in [-0.3, -0.25) is 0 Å². The van der Waals surface area contributed by atoms with E-state index in [9.17, 15) is 0 Å². The van der Waals surface area contributed by atoms with Gasteiger partial charge in [0.15, 0.2) is 11.5 Å². The van der Waals surface area contributed by atoms with Crippen molar-refractivity contribution in [3.05, 3.63) is 36.4 Å². The molecule has 0 bridgehead atoms. The Balaban J connectivity index is 2.01. The molecular formula is C14H14O2. The molecule has 0 unspecified atom stereocenters. The van der Waals surface area contributed by atoms with Crippen LogP contribution in [0.3, 0.4) is 0 Å². The molecule has 0 radical (unpaired) electrons. The predicted molar refractivity (Wildman–Crippen MR) is 63.9 cm³/mol. The Labute approximate surface area is 94.8 Å². The lowest BCUT2D eigenvalue weighted by atomic mass is 10.1. The van der Waals surface area contributed by atoms with Crippen LogP contribution in [0.15, 0.2) is 36.4 Å². The van der Waals surface area contributed by atoms with E-state index < -0.39 is 0 Å². The summed E-state index contributed by atoms with van der Waals surface area (Å²) < 4.78 is 11.5. The Kier molecular flexibility index (Phi) is 2.21. The zero-order valence-electron chi connectivity index (χ0n) is 9.27. The standard InChI is InChI=1S/C14H14O2/c1-2-5-14-15-12-8-10-6-3-4-7-11(10)9-13(12)16-14/h3-4,6-9,14H,2,5H2,1H3. The summed E-state index contributed by atoms with van der Waals surface area (Å²) in [5.41, 5.74) is 0. The molecule has 1 heterocycles. The number of rotatable bonds is 2. The van der Waals surface area contributed by atoms with Crippen LogP contribution in [-0.4, -0.2) is 6.29 Å². The monoisotopic (exact) mass is 214 g/mol. The van der Waals surface area contributed by atoms with Gasteiger partial charge in [0, 0.05) is 6.42 Å². The molecule has 0 aliphatic carbocycles. The number of ether oxygens (including phenoxy) is 2. The molecule has 0 N–H and O–H groups in total. The second-order valence-electron chi connectivity index (χ2n) is 4.10. The molecule has 0 atom stereocenters. The van der Waals surface area contributed by atoms with Crippen LogP contribution in [0.25, 0.3) is 10.8 Å². The molecule has 2 nitrogen and oxygen atoms in total. The molecule has 0 amide bonds. The normalized spacial score (nSPS) is 14.6. The first kappa shape index (κ1) is 9.52. The minimum Gasteiger partial charge on any atom is -0.451 e. The van der Waals surface area contributed by atoms with Gasteiger partial charge < -0.3 is 9.47 Å². The van der Waals surface area contributed by atoms with Crippen LogP contribution in [0.2, 0.25) is 0 Å². The van der Waals surface area contributed by atoms with E-state index in [4.69, 9.17) is 9.47 Å². The first-order valence-corrected chi connectivity index (χ1v) is 5.73. The summed E-state index contributed by atoms with van der Waals surface area (Å²) in [7, 11) is 0. The van der Waals surface area contributed by atoms with E-state index in [0.29, 0.717) is 0 Å². The molecule has 3 rings (SSSR count). The van der Waals surface area contributed by atoms with Gasteiger partial charge in [-0.2, -0.15) is 0 Å². The summed E-state index contributed by atoms with van der Waals surface area (Å²) >= 11 is 0. The summed E-state index contributed by atoms with van der Waals surface area (Å²) in [6.07, 6.45) is 1.90. The topological polar surface area (TPSA) is 18.5 Å². The summed E-state index contributed by atoms with van der Waals surface area (Å²) in [6.45, 7) is 2.13. The molecule has 2 heteroatoms. The highest BCUT2D eigenvalue weighted by atomic mass is 16.7. The molecule has 2 aromatic carbocycles. The van der Waals surface area contributed by atoms with Crippen LogP contribution in [0.1, 0.15) is 19.8 Å². The van der Waals surface area contributed by atoms with Gasteiger partial charge in [-0.25, -0.2) is 0 Å². The van der Waals surface area contributed by atoms with Gasteiger partial charge in [0.25, 0.3) is 0 Å². The SMILES string of the molecule is CCCC1Oc2cc3ccccc3cc2O1. The third-order valence-corrected chi connectivity index (χ3v) is 2.85. The van der Waals surface area contributed by atoms with Crippen molar-refractivity contribution >= 4 is 10.8 Å². The third-order valence-electron chi connectivity index (χ3n) is 2.85. The summed E-state index contributed by atoms with van der Waals surface area (Å²) in [5.74, 6) is 1.74. The summed E-state index contributed by atoms with van der Waals surface area (Å²) in [4.78, 5) is 0. The van der Waals surface area contributed by atoms with Gasteiger partial charge in [-0.15, -0.1) is 0 Å². The average Bonchev–Trinajstić information content (AvgIpc) is 2.67. The highest BCUT2D eigenvalue weighted by Crippen LogP contribution is 2.38. The number of hydrogen-bond donors (Lipinski definition) is 0. The maximum Gasteiger partial charge on any atom is 0.241 e. The Morgan fingerprint density at radius 2 is 1.56 bits per heavy atom. The van der Waals surface area contributed by atoms with Crippen molar-refractivity contribution in [2.24, 2.45) is 0 Å². The highest BCUT2D eigenvalue weighted by Gasteiger charge is 2.23. The molecule has 0 saturated heterocycles. The lowest BCUT2D eigenvalue weighted by molar-refractivity contribution is 0.0414. The lowest BCUT2D eigenvalue weighted by Gasteiger charge is -2.07. The average molecular weight is 214 g/mol. The van der Waals surface area contributed by atoms with Crippen LogP contribution >= 0.6 is 0 Å². The van der Waals surface area contributed by atoms with Crippen molar-refractivity contribution in [2.75, 3.05) is 0 Å². The molecular weight excluding hydrogens is 200 g/mol. The van der Waals surface area contributed by atoms with Crippen molar-refractivity contribution in [1.29, 1.82) is 0 Å². The van der Waals surface area contributed by atoms with Crippen molar-refractivity contribution in [1.82, 2.24) is 0 Å². The van der Waals surface area contributed by atoms with Crippen LogP contribution in [0, 0.1) is 0 Å². The van der Waals surface area contributed by atoms with E-state index in [1.165, 1.54) is 10.8 Å². The minimum atomic E-state index is -0.100. The Hall–Kier alpha value is -1.70. The van der Waals surface area contributed by atoms with Crippen LogP contribution in [0.5, 0.6) is 11.5 Å². The van der Waals surface area contributed by atoms with Crippen LogP contribution in [-0.2, 0) is 0 Å². The van der Waals surface area contributed by atoms with E-state index in [1.807, 2.05) is 12.1 Å². The van der Waals surface area contributed by atoms with Gasteiger partial charge in [-0.05, 0) is 29.3 Å². The lowest BCUT2D eigenvalue weighted by Crippen LogP contribution is -2.16. The molecule has 0 spiro atoms. The van der Waals surface area contributed by atoms with Crippen molar-refractivity contribution in [3.63, 3.8) is 0 Å². The molecule has 0 saturated carbocycles. The molecule has 16 heavy (non-hydrogen) atoms. The van der Waals surface area contributed by atoms with E-state index in [1.54, 1.807) is 0 Å². The van der Waals surface area contributed by atoms with Gasteiger partial charge in [-0.1, -0.05) is 31.2 Å².